The summed E-state index contributed by atoms with van der Waals surface area (Å²) in [5.41, 5.74) is 2.07. The number of aromatic nitrogens is 2. The Bertz CT molecular complexity index is 377. The number of nitrogens with zero attached hydrogens (tertiary/aromatic N) is 2. The van der Waals surface area contributed by atoms with Crippen molar-refractivity contribution in [2.45, 2.75) is 39.3 Å². The number of hydrogen-bond donors (Lipinski definition) is 1. The third-order valence-electron chi connectivity index (χ3n) is 3.04. The van der Waals surface area contributed by atoms with Crippen molar-refractivity contribution in [2.24, 2.45) is 5.92 Å². The number of ether oxygens (including phenoxy) is 1. The molecule has 1 aliphatic carbocycles. The van der Waals surface area contributed by atoms with Crippen molar-refractivity contribution in [3.8, 4) is 0 Å². The van der Waals surface area contributed by atoms with Crippen LogP contribution in [0.25, 0.3) is 0 Å². The first-order valence-corrected chi connectivity index (χ1v) is 6.32. The smallest absolute Gasteiger partial charge is 0.157 e. The van der Waals surface area contributed by atoms with E-state index in [9.17, 15) is 0 Å². The fraction of sp³-hybridized carbons (Fsp3) is 0.692. The Morgan fingerprint density at radius 2 is 2.24 bits per heavy atom. The van der Waals surface area contributed by atoms with E-state index >= 15 is 0 Å². The number of nitrogens with one attached hydrogen (secondary N) is 1. The molecule has 4 heteroatoms. The lowest BCUT2D eigenvalue weighted by molar-refractivity contribution is 0.0768. The Hall–Kier alpha value is -1.00. The zero-order valence-corrected chi connectivity index (χ0v) is 10.9. The first-order valence-electron chi connectivity index (χ1n) is 6.32. The molecule has 0 spiro atoms. The van der Waals surface area contributed by atoms with Gasteiger partial charge < -0.3 is 10.1 Å². The largest absolute Gasteiger partial charge is 0.373 e. The summed E-state index contributed by atoms with van der Waals surface area (Å²) < 4.78 is 5.53. The minimum atomic E-state index is 0.0790. The maximum absolute atomic E-state index is 5.53. The third-order valence-corrected chi connectivity index (χ3v) is 3.04. The van der Waals surface area contributed by atoms with E-state index < -0.39 is 0 Å². The first-order chi connectivity index (χ1) is 8.24. The highest BCUT2D eigenvalue weighted by atomic mass is 16.5. The quantitative estimate of drug-likeness (QED) is 0.819. The molecule has 4 nitrogen and oxygen atoms in total. The molecule has 1 heterocycles. The molecule has 1 N–H and O–H groups in total. The summed E-state index contributed by atoms with van der Waals surface area (Å²) in [7, 11) is 1.75. The van der Waals surface area contributed by atoms with E-state index in [0.717, 1.165) is 30.3 Å². The van der Waals surface area contributed by atoms with Crippen LogP contribution in [0.5, 0.6) is 0 Å². The Labute approximate surface area is 103 Å². The van der Waals surface area contributed by atoms with Gasteiger partial charge in [0.2, 0.25) is 0 Å². The molecule has 94 valence electrons. The van der Waals surface area contributed by atoms with E-state index in [1.807, 2.05) is 13.0 Å². The second-order valence-corrected chi connectivity index (χ2v) is 4.63. The predicted molar refractivity (Wildman–Crippen MR) is 66.6 cm³/mol. The fourth-order valence-electron chi connectivity index (χ4n) is 2.04. The Morgan fingerprint density at radius 1 is 1.47 bits per heavy atom. The van der Waals surface area contributed by atoms with Gasteiger partial charge in [-0.1, -0.05) is 6.92 Å². The molecule has 0 saturated heterocycles. The Balaban J connectivity index is 2.17. The van der Waals surface area contributed by atoms with Gasteiger partial charge in [-0.05, 0) is 38.3 Å². The highest BCUT2D eigenvalue weighted by Crippen LogP contribution is 2.41. The van der Waals surface area contributed by atoms with Gasteiger partial charge in [0.05, 0.1) is 5.69 Å². The molecule has 0 aliphatic heterocycles. The highest BCUT2D eigenvalue weighted by Gasteiger charge is 2.34. The van der Waals surface area contributed by atoms with Crippen LogP contribution in [0.4, 0.5) is 0 Å². The lowest BCUT2D eigenvalue weighted by Crippen LogP contribution is -2.16. The molecule has 2 rings (SSSR count). The van der Waals surface area contributed by atoms with Crippen LogP contribution in [0.2, 0.25) is 0 Å². The van der Waals surface area contributed by atoms with Crippen molar-refractivity contribution in [1.29, 1.82) is 0 Å². The van der Waals surface area contributed by atoms with Gasteiger partial charge in [-0.25, -0.2) is 9.97 Å². The molecule has 0 aromatic carbocycles. The normalized spacial score (nSPS) is 17.1. The van der Waals surface area contributed by atoms with Crippen molar-refractivity contribution in [2.75, 3.05) is 13.7 Å². The topological polar surface area (TPSA) is 47.0 Å². The number of aryl methyl sites for hydroxylation is 1. The van der Waals surface area contributed by atoms with Crippen LogP contribution < -0.4 is 5.32 Å². The molecule has 1 aliphatic rings. The summed E-state index contributed by atoms with van der Waals surface area (Å²) in [6.07, 6.45) is 2.55. The average molecular weight is 235 g/mol. The number of hydrogen-bond acceptors (Lipinski definition) is 4. The van der Waals surface area contributed by atoms with E-state index in [1.165, 1.54) is 12.8 Å². The van der Waals surface area contributed by atoms with Gasteiger partial charge in [0.1, 0.15) is 6.10 Å². The van der Waals surface area contributed by atoms with Crippen LogP contribution in [0, 0.1) is 12.8 Å². The van der Waals surface area contributed by atoms with Crippen LogP contribution in [0.15, 0.2) is 6.07 Å². The van der Waals surface area contributed by atoms with E-state index in [0.29, 0.717) is 5.92 Å². The van der Waals surface area contributed by atoms with Crippen molar-refractivity contribution in [1.82, 2.24) is 15.3 Å². The Kier molecular flexibility index (Phi) is 4.07. The molecule has 1 aromatic rings. The minimum absolute atomic E-state index is 0.0790. The average Bonchev–Trinajstić information content (AvgIpc) is 3.11. The lowest BCUT2D eigenvalue weighted by Gasteiger charge is -2.14. The van der Waals surface area contributed by atoms with Crippen LogP contribution >= 0.6 is 0 Å². The van der Waals surface area contributed by atoms with Gasteiger partial charge in [0, 0.05) is 19.3 Å². The van der Waals surface area contributed by atoms with Crippen LogP contribution in [0.1, 0.15) is 43.1 Å². The summed E-state index contributed by atoms with van der Waals surface area (Å²) in [4.78, 5) is 9.12. The number of rotatable bonds is 6. The molecule has 17 heavy (non-hydrogen) atoms. The first kappa shape index (κ1) is 12.5. The monoisotopic (exact) mass is 235 g/mol. The summed E-state index contributed by atoms with van der Waals surface area (Å²) in [6.45, 7) is 5.86. The third kappa shape index (κ3) is 3.23. The number of methoxy groups -OCH3 is 1. The summed E-state index contributed by atoms with van der Waals surface area (Å²) in [5.74, 6) is 1.47. The molecule has 1 aromatic heterocycles. The van der Waals surface area contributed by atoms with Gasteiger partial charge >= 0.3 is 0 Å². The molecule has 1 saturated carbocycles. The zero-order valence-electron chi connectivity index (χ0n) is 10.9. The Morgan fingerprint density at radius 3 is 2.82 bits per heavy atom. The minimum Gasteiger partial charge on any atom is -0.373 e. The van der Waals surface area contributed by atoms with Gasteiger partial charge in [-0.2, -0.15) is 0 Å². The molecule has 0 bridgehead atoms. The molecular weight excluding hydrogens is 214 g/mol. The predicted octanol–water partition coefficient (Wildman–Crippen LogP) is 1.99. The summed E-state index contributed by atoms with van der Waals surface area (Å²) >= 11 is 0. The van der Waals surface area contributed by atoms with E-state index in [-0.39, 0.29) is 6.10 Å². The second kappa shape index (κ2) is 5.56. The van der Waals surface area contributed by atoms with Crippen molar-refractivity contribution < 1.29 is 4.74 Å². The lowest BCUT2D eigenvalue weighted by atomic mass is 10.2. The van der Waals surface area contributed by atoms with Gasteiger partial charge in [-0.3, -0.25) is 0 Å². The maximum Gasteiger partial charge on any atom is 0.157 e. The van der Waals surface area contributed by atoms with Gasteiger partial charge in [0.25, 0.3) is 0 Å². The van der Waals surface area contributed by atoms with Gasteiger partial charge in [0.15, 0.2) is 5.82 Å². The molecular formula is C13H21N3O. The van der Waals surface area contributed by atoms with Crippen LogP contribution in [0.3, 0.4) is 0 Å². The van der Waals surface area contributed by atoms with E-state index in [4.69, 9.17) is 4.74 Å². The maximum atomic E-state index is 5.53. The molecule has 1 fully saturated rings. The van der Waals surface area contributed by atoms with Crippen LogP contribution in [-0.4, -0.2) is 23.6 Å². The summed E-state index contributed by atoms with van der Waals surface area (Å²) in [6, 6.07) is 2.03. The SMILES string of the molecule is CCNCc1cc(C)nc(C(OC)C2CC2)n1. The molecule has 0 amide bonds. The van der Waals surface area contributed by atoms with Crippen molar-refractivity contribution >= 4 is 0 Å². The fourth-order valence-corrected chi connectivity index (χ4v) is 2.04. The zero-order chi connectivity index (χ0) is 12.3. The molecule has 0 radical (unpaired) electrons. The molecule has 1 unspecified atom stereocenters. The molecule has 1 atom stereocenters. The second-order valence-electron chi connectivity index (χ2n) is 4.63. The van der Waals surface area contributed by atoms with E-state index in [2.05, 4.69) is 22.2 Å². The van der Waals surface area contributed by atoms with Crippen LogP contribution in [-0.2, 0) is 11.3 Å². The highest BCUT2D eigenvalue weighted by molar-refractivity contribution is 5.12. The summed E-state index contributed by atoms with van der Waals surface area (Å²) in [5, 5.41) is 3.29. The standard InChI is InChI=1S/C13H21N3O/c1-4-14-8-11-7-9(2)15-13(16-11)12(17-3)10-5-6-10/h7,10,12,14H,4-6,8H2,1-3H3. The van der Waals surface area contributed by atoms with E-state index in [1.54, 1.807) is 7.11 Å². The van der Waals surface area contributed by atoms with Crippen molar-refractivity contribution in [3.05, 3.63) is 23.3 Å². The van der Waals surface area contributed by atoms with Crippen molar-refractivity contribution in [3.63, 3.8) is 0 Å². The van der Waals surface area contributed by atoms with Gasteiger partial charge in [-0.15, -0.1) is 0 Å².